The van der Waals surface area contributed by atoms with Crippen LogP contribution in [0.4, 0.5) is 14.9 Å². The van der Waals surface area contributed by atoms with E-state index in [9.17, 15) is 18.8 Å². The van der Waals surface area contributed by atoms with Crippen molar-refractivity contribution in [3.63, 3.8) is 0 Å². The molecule has 6 nitrogen and oxygen atoms in total. The molecule has 3 aromatic rings. The van der Waals surface area contributed by atoms with Crippen LogP contribution in [0.5, 0.6) is 5.75 Å². The smallest absolute Gasteiger partial charge is 0.294 e. The molecule has 10 heteroatoms. The summed E-state index contributed by atoms with van der Waals surface area (Å²) in [6.07, 6.45) is 1.53. The van der Waals surface area contributed by atoms with Crippen LogP contribution in [0.1, 0.15) is 11.1 Å². The Balaban J connectivity index is 1.39. The lowest BCUT2D eigenvalue weighted by atomic mass is 10.2. The van der Waals surface area contributed by atoms with Gasteiger partial charge in [0.15, 0.2) is 0 Å². The van der Waals surface area contributed by atoms with Crippen molar-refractivity contribution >= 4 is 68.1 Å². The van der Waals surface area contributed by atoms with Crippen molar-refractivity contribution in [3.05, 3.63) is 98.1 Å². The second-order valence-corrected chi connectivity index (χ2v) is 9.74. The highest BCUT2D eigenvalue weighted by molar-refractivity contribution is 9.10. The maximum Gasteiger partial charge on any atom is 0.294 e. The minimum atomic E-state index is -0.582. The van der Waals surface area contributed by atoms with Gasteiger partial charge in [-0.1, -0.05) is 45.7 Å². The zero-order valence-electron chi connectivity index (χ0n) is 18.0. The molecule has 1 fully saturated rings. The first-order valence-electron chi connectivity index (χ1n) is 10.3. The largest absolute Gasteiger partial charge is 0.487 e. The summed E-state index contributed by atoms with van der Waals surface area (Å²) < 4.78 is 19.8. The quantitative estimate of drug-likeness (QED) is 0.326. The van der Waals surface area contributed by atoms with Gasteiger partial charge >= 0.3 is 0 Å². The molecule has 3 aromatic carbocycles. The number of benzene rings is 3. The fourth-order valence-electron chi connectivity index (χ4n) is 3.13. The Labute approximate surface area is 218 Å². The number of nitrogens with one attached hydrogen (secondary N) is 1. The molecule has 0 unspecified atom stereocenters. The van der Waals surface area contributed by atoms with Gasteiger partial charge in [0.1, 0.15) is 24.7 Å². The van der Waals surface area contributed by atoms with E-state index in [-0.39, 0.29) is 4.91 Å². The van der Waals surface area contributed by atoms with Crippen molar-refractivity contribution in [2.75, 3.05) is 11.9 Å². The number of nitrogens with zero attached hydrogens (tertiary/aromatic N) is 1. The van der Waals surface area contributed by atoms with E-state index in [2.05, 4.69) is 21.2 Å². The molecule has 3 amide bonds. The molecule has 0 spiro atoms. The third-order valence-corrected chi connectivity index (χ3v) is 6.60. The summed E-state index contributed by atoms with van der Waals surface area (Å²) in [5.74, 6) is -1.11. The van der Waals surface area contributed by atoms with E-state index in [4.69, 9.17) is 16.3 Å². The predicted octanol–water partition coefficient (Wildman–Crippen LogP) is 6.50. The average Bonchev–Trinajstić information content (AvgIpc) is 3.08. The van der Waals surface area contributed by atoms with E-state index in [0.29, 0.717) is 28.6 Å². The molecule has 1 N–H and O–H groups in total. The molecular weight excluding hydrogens is 559 g/mol. The monoisotopic (exact) mass is 574 g/mol. The van der Waals surface area contributed by atoms with Crippen LogP contribution in [0.3, 0.4) is 0 Å². The molecule has 1 heterocycles. The van der Waals surface area contributed by atoms with Crippen LogP contribution in [0.25, 0.3) is 6.08 Å². The lowest BCUT2D eigenvalue weighted by Crippen LogP contribution is -2.36. The first-order valence-corrected chi connectivity index (χ1v) is 12.2. The van der Waals surface area contributed by atoms with Gasteiger partial charge in [-0.15, -0.1) is 0 Å². The van der Waals surface area contributed by atoms with Crippen LogP contribution in [0.2, 0.25) is 5.02 Å². The highest BCUT2D eigenvalue weighted by atomic mass is 79.9. The Kier molecular flexibility index (Phi) is 7.90. The zero-order valence-corrected chi connectivity index (χ0v) is 21.1. The normalized spacial score (nSPS) is 14.5. The maximum atomic E-state index is 13.0. The van der Waals surface area contributed by atoms with E-state index >= 15 is 0 Å². The maximum absolute atomic E-state index is 13.0. The SMILES string of the molecule is O=C(CN1C(=O)S/C(=C\c2ccc(OCc3ccc(Br)cc3)c(Cl)c2)C1=O)Nc1ccc(F)cc1. The molecule has 178 valence electrons. The van der Waals surface area contributed by atoms with Crippen molar-refractivity contribution in [1.29, 1.82) is 0 Å². The van der Waals surface area contributed by atoms with Gasteiger partial charge in [0.2, 0.25) is 5.91 Å². The number of halogens is 3. The lowest BCUT2D eigenvalue weighted by Gasteiger charge is -2.12. The van der Waals surface area contributed by atoms with E-state index in [0.717, 1.165) is 26.7 Å². The molecule has 0 aliphatic carbocycles. The molecule has 4 rings (SSSR count). The summed E-state index contributed by atoms with van der Waals surface area (Å²) in [6, 6.07) is 17.9. The van der Waals surface area contributed by atoms with E-state index in [1.54, 1.807) is 18.2 Å². The second kappa shape index (κ2) is 11.1. The van der Waals surface area contributed by atoms with Crippen LogP contribution in [0, 0.1) is 5.82 Å². The van der Waals surface area contributed by atoms with Crippen molar-refractivity contribution in [3.8, 4) is 5.75 Å². The van der Waals surface area contributed by atoms with Crippen LogP contribution >= 0.6 is 39.3 Å². The summed E-state index contributed by atoms with van der Waals surface area (Å²) in [6.45, 7) is -0.117. The van der Waals surface area contributed by atoms with Gasteiger partial charge in [-0.3, -0.25) is 19.3 Å². The average molecular weight is 576 g/mol. The van der Waals surface area contributed by atoms with Crippen molar-refractivity contribution < 1.29 is 23.5 Å². The van der Waals surface area contributed by atoms with Gasteiger partial charge in [-0.05, 0) is 77.5 Å². The van der Waals surface area contributed by atoms with Gasteiger partial charge in [0, 0.05) is 10.2 Å². The Hall–Kier alpha value is -3.14. The van der Waals surface area contributed by atoms with E-state index in [1.165, 1.54) is 30.3 Å². The summed E-state index contributed by atoms with van der Waals surface area (Å²) in [4.78, 5) is 38.3. The number of carbonyl (C=O) groups excluding carboxylic acids is 3. The number of hydrogen-bond donors (Lipinski definition) is 1. The number of amides is 3. The molecule has 0 aromatic heterocycles. The highest BCUT2D eigenvalue weighted by Crippen LogP contribution is 2.34. The number of rotatable bonds is 7. The number of anilines is 1. The lowest BCUT2D eigenvalue weighted by molar-refractivity contribution is -0.127. The zero-order chi connectivity index (χ0) is 24.9. The first kappa shape index (κ1) is 25.0. The van der Waals surface area contributed by atoms with Gasteiger partial charge in [0.25, 0.3) is 11.1 Å². The Morgan fingerprint density at radius 3 is 2.49 bits per heavy atom. The molecule has 35 heavy (non-hydrogen) atoms. The van der Waals surface area contributed by atoms with Gasteiger partial charge in [-0.2, -0.15) is 0 Å². The number of ether oxygens (including phenoxy) is 1. The Morgan fingerprint density at radius 1 is 1.09 bits per heavy atom. The topological polar surface area (TPSA) is 75.7 Å². The highest BCUT2D eigenvalue weighted by Gasteiger charge is 2.36. The molecule has 0 atom stereocenters. The predicted molar refractivity (Wildman–Crippen MR) is 138 cm³/mol. The summed E-state index contributed by atoms with van der Waals surface area (Å²) in [5, 5.41) is 2.32. The third kappa shape index (κ3) is 6.50. The van der Waals surface area contributed by atoms with Crippen LogP contribution in [-0.2, 0) is 16.2 Å². The fraction of sp³-hybridized carbons (Fsp3) is 0.0800. The number of hydrogen-bond acceptors (Lipinski definition) is 5. The number of thioether (sulfide) groups is 1. The standard InChI is InChI=1S/C25H17BrClFN2O4S/c26-17-4-1-15(2-5-17)14-34-21-10-3-16(11-20(21)27)12-22-24(32)30(25(33)35-22)13-23(31)29-19-8-6-18(28)7-9-19/h1-12H,13-14H2,(H,29,31)/b22-12-. The van der Waals surface area contributed by atoms with Crippen molar-refractivity contribution in [2.45, 2.75) is 6.61 Å². The fourth-order valence-corrected chi connectivity index (χ4v) is 4.48. The van der Waals surface area contributed by atoms with Crippen LogP contribution in [-0.4, -0.2) is 28.5 Å². The van der Waals surface area contributed by atoms with Gasteiger partial charge < -0.3 is 10.1 Å². The number of imide groups is 1. The minimum absolute atomic E-state index is 0.171. The van der Waals surface area contributed by atoms with Gasteiger partial charge in [-0.25, -0.2) is 4.39 Å². The molecular formula is C25H17BrClFN2O4S. The molecule has 0 saturated carbocycles. The Bertz CT molecular complexity index is 1320. The van der Waals surface area contributed by atoms with Crippen molar-refractivity contribution in [2.24, 2.45) is 0 Å². The summed E-state index contributed by atoms with van der Waals surface area (Å²) in [5.41, 5.74) is 1.94. The molecule has 0 radical (unpaired) electrons. The molecule has 1 saturated heterocycles. The molecule has 1 aliphatic rings. The summed E-state index contributed by atoms with van der Waals surface area (Å²) in [7, 11) is 0. The second-order valence-electron chi connectivity index (χ2n) is 7.43. The van der Waals surface area contributed by atoms with Crippen molar-refractivity contribution in [1.82, 2.24) is 4.90 Å². The van der Waals surface area contributed by atoms with E-state index < -0.39 is 29.4 Å². The first-order chi connectivity index (χ1) is 16.8. The van der Waals surface area contributed by atoms with Crippen LogP contribution < -0.4 is 10.1 Å². The molecule has 0 bridgehead atoms. The van der Waals surface area contributed by atoms with Crippen LogP contribution in [0.15, 0.2) is 76.1 Å². The minimum Gasteiger partial charge on any atom is -0.487 e. The number of carbonyl (C=O) groups is 3. The van der Waals surface area contributed by atoms with Gasteiger partial charge in [0.05, 0.1) is 9.93 Å². The molecule has 1 aliphatic heterocycles. The Morgan fingerprint density at radius 2 is 1.80 bits per heavy atom. The van der Waals surface area contributed by atoms with E-state index in [1.807, 2.05) is 24.3 Å². The summed E-state index contributed by atoms with van der Waals surface area (Å²) >= 11 is 10.5. The third-order valence-electron chi connectivity index (χ3n) is 4.86.